The lowest BCUT2D eigenvalue weighted by Crippen LogP contribution is -2.37. The molecule has 1 N–H and O–H groups in total. The van der Waals surface area contributed by atoms with Gasteiger partial charge in [-0.15, -0.1) is 0 Å². The van der Waals surface area contributed by atoms with Gasteiger partial charge in [0.2, 0.25) is 0 Å². The van der Waals surface area contributed by atoms with Crippen LogP contribution in [0.15, 0.2) is 48.9 Å². The van der Waals surface area contributed by atoms with Crippen molar-refractivity contribution in [1.29, 1.82) is 0 Å². The van der Waals surface area contributed by atoms with Gasteiger partial charge in [0.05, 0.1) is 7.11 Å². The number of nitrogens with zero attached hydrogens (tertiary/aromatic N) is 4. The zero-order chi connectivity index (χ0) is 17.9. The second-order valence-corrected chi connectivity index (χ2v) is 6.17. The van der Waals surface area contributed by atoms with Crippen molar-refractivity contribution in [2.75, 3.05) is 25.1 Å². The fourth-order valence-electron chi connectivity index (χ4n) is 3.30. The van der Waals surface area contributed by atoms with Crippen LogP contribution in [0.1, 0.15) is 16.9 Å². The number of methoxy groups -OCH3 is 1. The van der Waals surface area contributed by atoms with Crippen LogP contribution >= 0.6 is 0 Å². The molecule has 1 aliphatic heterocycles. The molecule has 4 rings (SSSR count). The highest BCUT2D eigenvalue weighted by molar-refractivity contribution is 6.05. The monoisotopic (exact) mass is 349 g/mol. The van der Waals surface area contributed by atoms with E-state index in [1.54, 1.807) is 25.7 Å². The van der Waals surface area contributed by atoms with Crippen LogP contribution in [0, 0.1) is 0 Å². The maximum Gasteiger partial charge on any atom is 0.270 e. The number of nitrogens with one attached hydrogen (secondary N) is 1. The van der Waals surface area contributed by atoms with Gasteiger partial charge in [-0.05, 0) is 17.9 Å². The number of aromatic nitrogens is 3. The van der Waals surface area contributed by atoms with E-state index in [-0.39, 0.29) is 11.9 Å². The molecule has 0 radical (unpaired) electrons. The van der Waals surface area contributed by atoms with Gasteiger partial charge < -0.3 is 15.0 Å². The number of amides is 1. The minimum absolute atomic E-state index is 0.0231. The van der Waals surface area contributed by atoms with Crippen molar-refractivity contribution in [1.82, 2.24) is 20.3 Å². The highest BCUT2D eigenvalue weighted by Gasteiger charge is 2.28. The predicted molar refractivity (Wildman–Crippen MR) is 98.4 cm³/mol. The second kappa shape index (κ2) is 6.95. The van der Waals surface area contributed by atoms with E-state index in [4.69, 9.17) is 4.74 Å². The SMILES string of the molecule is COc1nccnc1N1CC[C@@H](NC(=O)c2nccc3ccccc23)C1. The average Bonchev–Trinajstić information content (AvgIpc) is 3.15. The van der Waals surface area contributed by atoms with Gasteiger partial charge in [0, 0.05) is 43.1 Å². The molecule has 7 nitrogen and oxygen atoms in total. The van der Waals surface area contributed by atoms with Crippen LogP contribution in [0.3, 0.4) is 0 Å². The minimum atomic E-state index is -0.153. The lowest BCUT2D eigenvalue weighted by molar-refractivity contribution is 0.0937. The summed E-state index contributed by atoms with van der Waals surface area (Å²) in [5.41, 5.74) is 0.457. The Bertz CT molecular complexity index is 941. The first kappa shape index (κ1) is 16.3. The molecule has 2 aromatic heterocycles. The Balaban J connectivity index is 1.49. The molecular weight excluding hydrogens is 330 g/mol. The average molecular weight is 349 g/mol. The van der Waals surface area contributed by atoms with Gasteiger partial charge in [0.1, 0.15) is 5.69 Å². The van der Waals surface area contributed by atoms with Gasteiger partial charge in [-0.3, -0.25) is 9.78 Å². The van der Waals surface area contributed by atoms with E-state index in [1.807, 2.05) is 30.3 Å². The molecule has 0 bridgehead atoms. The highest BCUT2D eigenvalue weighted by atomic mass is 16.5. The van der Waals surface area contributed by atoms with E-state index in [2.05, 4.69) is 25.2 Å². The molecule has 0 unspecified atom stereocenters. The number of benzene rings is 1. The number of carbonyl (C=O) groups is 1. The summed E-state index contributed by atoms with van der Waals surface area (Å²) in [5.74, 6) is 1.05. The summed E-state index contributed by atoms with van der Waals surface area (Å²) in [4.78, 5) is 27.6. The number of carbonyl (C=O) groups excluding carboxylic acids is 1. The Morgan fingerprint density at radius 3 is 2.88 bits per heavy atom. The highest BCUT2D eigenvalue weighted by Crippen LogP contribution is 2.26. The summed E-state index contributed by atoms with van der Waals surface area (Å²) in [5, 5.41) is 4.96. The number of ether oxygens (including phenoxy) is 1. The van der Waals surface area contributed by atoms with Crippen LogP contribution in [0.25, 0.3) is 10.8 Å². The van der Waals surface area contributed by atoms with Gasteiger partial charge in [0.15, 0.2) is 5.82 Å². The maximum absolute atomic E-state index is 12.7. The Labute approximate surface area is 151 Å². The Kier molecular flexibility index (Phi) is 4.35. The van der Waals surface area contributed by atoms with Crippen LogP contribution in [0.4, 0.5) is 5.82 Å². The third-order valence-electron chi connectivity index (χ3n) is 4.55. The van der Waals surface area contributed by atoms with Crippen LogP contribution < -0.4 is 15.0 Å². The third kappa shape index (κ3) is 3.03. The molecule has 0 aliphatic carbocycles. The topological polar surface area (TPSA) is 80.2 Å². The number of hydrogen-bond acceptors (Lipinski definition) is 6. The van der Waals surface area contributed by atoms with E-state index in [9.17, 15) is 4.79 Å². The van der Waals surface area contributed by atoms with Crippen molar-refractivity contribution < 1.29 is 9.53 Å². The Morgan fingerprint density at radius 1 is 1.15 bits per heavy atom. The molecular formula is C19H19N5O2. The normalized spacial score (nSPS) is 16.7. The summed E-state index contributed by atoms with van der Waals surface area (Å²) in [7, 11) is 1.58. The fourth-order valence-corrected chi connectivity index (χ4v) is 3.30. The molecule has 132 valence electrons. The fraction of sp³-hybridized carbons (Fsp3) is 0.263. The molecule has 1 aliphatic rings. The van der Waals surface area contributed by atoms with Crippen LogP contribution in [-0.2, 0) is 0 Å². The summed E-state index contributed by atoms with van der Waals surface area (Å²) in [6, 6.07) is 9.69. The van der Waals surface area contributed by atoms with Gasteiger partial charge in [-0.1, -0.05) is 24.3 Å². The second-order valence-electron chi connectivity index (χ2n) is 6.17. The molecule has 3 aromatic rings. The first-order chi connectivity index (χ1) is 12.8. The number of hydrogen-bond donors (Lipinski definition) is 1. The zero-order valence-corrected chi connectivity index (χ0v) is 14.4. The molecule has 0 saturated carbocycles. The summed E-state index contributed by atoms with van der Waals surface area (Å²) < 4.78 is 5.28. The maximum atomic E-state index is 12.7. The van der Waals surface area contributed by atoms with Crippen LogP contribution in [0.2, 0.25) is 0 Å². The molecule has 26 heavy (non-hydrogen) atoms. The number of fused-ring (bicyclic) bond motifs is 1. The lowest BCUT2D eigenvalue weighted by atomic mass is 10.1. The van der Waals surface area contributed by atoms with E-state index in [0.717, 1.165) is 23.7 Å². The van der Waals surface area contributed by atoms with Gasteiger partial charge in [-0.25, -0.2) is 9.97 Å². The van der Waals surface area contributed by atoms with Crippen molar-refractivity contribution in [3.05, 3.63) is 54.6 Å². The van der Waals surface area contributed by atoms with Gasteiger partial charge in [-0.2, -0.15) is 0 Å². The number of rotatable bonds is 4. The smallest absolute Gasteiger partial charge is 0.270 e. The molecule has 0 spiro atoms. The van der Waals surface area contributed by atoms with Gasteiger partial charge >= 0.3 is 0 Å². The third-order valence-corrected chi connectivity index (χ3v) is 4.55. The number of anilines is 1. The molecule has 1 aromatic carbocycles. The first-order valence-electron chi connectivity index (χ1n) is 8.51. The first-order valence-corrected chi connectivity index (χ1v) is 8.51. The van der Waals surface area contributed by atoms with Crippen molar-refractivity contribution in [2.45, 2.75) is 12.5 Å². The van der Waals surface area contributed by atoms with Crippen LogP contribution in [0.5, 0.6) is 5.88 Å². The summed E-state index contributed by atoms with van der Waals surface area (Å²) in [6.45, 7) is 1.44. The standard InChI is InChI=1S/C19H19N5O2/c1-26-19-17(21-9-10-22-19)24-11-7-14(12-24)23-18(25)16-15-5-3-2-4-13(15)6-8-20-16/h2-6,8-10,14H,7,11-12H2,1H3,(H,23,25)/t14-/m1/s1. The van der Waals surface area contributed by atoms with Crippen molar-refractivity contribution in [2.24, 2.45) is 0 Å². The van der Waals surface area contributed by atoms with E-state index in [0.29, 0.717) is 23.9 Å². The van der Waals surface area contributed by atoms with E-state index < -0.39 is 0 Å². The zero-order valence-electron chi connectivity index (χ0n) is 14.4. The molecule has 3 heterocycles. The lowest BCUT2D eigenvalue weighted by Gasteiger charge is -2.19. The largest absolute Gasteiger partial charge is 0.478 e. The van der Waals surface area contributed by atoms with Crippen LogP contribution in [-0.4, -0.2) is 47.1 Å². The van der Waals surface area contributed by atoms with Gasteiger partial charge in [0.25, 0.3) is 11.8 Å². The van der Waals surface area contributed by atoms with E-state index >= 15 is 0 Å². The Morgan fingerprint density at radius 2 is 2.00 bits per heavy atom. The van der Waals surface area contributed by atoms with E-state index in [1.165, 1.54) is 0 Å². The number of pyridine rings is 1. The van der Waals surface area contributed by atoms with Crippen molar-refractivity contribution in [3.63, 3.8) is 0 Å². The quantitative estimate of drug-likeness (QED) is 0.776. The molecule has 1 amide bonds. The summed E-state index contributed by atoms with van der Waals surface area (Å²) in [6.07, 6.45) is 5.74. The molecule has 1 atom stereocenters. The minimum Gasteiger partial charge on any atom is -0.478 e. The molecule has 1 fully saturated rings. The molecule has 7 heteroatoms. The summed E-state index contributed by atoms with van der Waals surface area (Å²) >= 11 is 0. The molecule has 1 saturated heterocycles. The van der Waals surface area contributed by atoms with Crippen molar-refractivity contribution >= 4 is 22.5 Å². The predicted octanol–water partition coefficient (Wildman–Crippen LogP) is 2.04. The van der Waals surface area contributed by atoms with Crippen molar-refractivity contribution in [3.8, 4) is 5.88 Å². The Hall–Kier alpha value is -3.22.